The lowest BCUT2D eigenvalue weighted by molar-refractivity contribution is -0.136. The maximum atomic E-state index is 13.4. The number of nitrogens with zero attached hydrogens (tertiary/aromatic N) is 2. The molecule has 3 N–H and O–H groups in total. The Hall–Kier alpha value is -6.84. The molecule has 0 saturated carbocycles. The van der Waals surface area contributed by atoms with Crippen molar-refractivity contribution in [3.63, 3.8) is 0 Å². The van der Waals surface area contributed by atoms with Gasteiger partial charge < -0.3 is 10.9 Å². The molecule has 8 rings (SSSR count). The summed E-state index contributed by atoms with van der Waals surface area (Å²) in [5.74, 6) is 11.1. The summed E-state index contributed by atoms with van der Waals surface area (Å²) in [6.45, 7) is 4.56. The van der Waals surface area contributed by atoms with E-state index in [0.29, 0.717) is 13.0 Å². The molecule has 0 radical (unpaired) electrons. The number of Topliss-reactive ketones (excluding diaryl/α,β-unsaturated/α-hetero) is 1. The summed E-state index contributed by atoms with van der Waals surface area (Å²) < 4.78 is 0. The van der Waals surface area contributed by atoms with Gasteiger partial charge in [0.25, 0.3) is 0 Å². The number of rotatable bonds is 5. The van der Waals surface area contributed by atoms with Crippen LogP contribution in [0.15, 0.2) is 125 Å². The van der Waals surface area contributed by atoms with E-state index in [1.807, 2.05) is 84.9 Å². The molecule has 1 heterocycles. The fraction of sp³-hybridized carbons (Fsp3) is 0.106. The van der Waals surface area contributed by atoms with Crippen molar-refractivity contribution in [2.75, 3.05) is 0 Å². The first-order chi connectivity index (χ1) is 25.9. The van der Waals surface area contributed by atoms with Gasteiger partial charge in [0, 0.05) is 23.8 Å². The topological polar surface area (TPSA) is 105 Å². The number of hydrogen-bond donors (Lipinski definition) is 2. The lowest BCUT2D eigenvalue weighted by Gasteiger charge is -2.22. The number of hydrogen-bond acceptors (Lipinski definition) is 5. The van der Waals surface area contributed by atoms with E-state index in [-0.39, 0.29) is 18.1 Å². The number of aliphatic carboxylic acids is 1. The van der Waals surface area contributed by atoms with Crippen LogP contribution in [-0.2, 0) is 29.0 Å². The van der Waals surface area contributed by atoms with Gasteiger partial charge in [-0.25, -0.2) is 0 Å². The van der Waals surface area contributed by atoms with Gasteiger partial charge in [-0.3, -0.25) is 14.6 Å². The van der Waals surface area contributed by atoms with Gasteiger partial charge in [-0.05, 0) is 96.1 Å². The molecule has 258 valence electrons. The van der Waals surface area contributed by atoms with Crippen molar-refractivity contribution < 1.29 is 14.7 Å². The number of fused-ring (bicyclic) bond motifs is 5. The first-order valence-electron chi connectivity index (χ1n) is 17.5. The highest BCUT2D eigenvalue weighted by Gasteiger charge is 2.26. The van der Waals surface area contributed by atoms with E-state index in [1.54, 1.807) is 12.4 Å². The van der Waals surface area contributed by atoms with Crippen LogP contribution in [0.1, 0.15) is 62.4 Å². The monoisotopic (exact) mass is 691 g/mol. The molecule has 2 aliphatic carbocycles. The van der Waals surface area contributed by atoms with Crippen LogP contribution in [0.3, 0.4) is 0 Å². The second kappa shape index (κ2) is 15.6. The molecule has 0 spiro atoms. The summed E-state index contributed by atoms with van der Waals surface area (Å²) in [6.07, 6.45) is 12.6. The molecule has 0 aromatic heterocycles. The predicted octanol–water partition coefficient (Wildman–Crippen LogP) is 6.46. The van der Waals surface area contributed by atoms with E-state index in [9.17, 15) is 9.59 Å². The van der Waals surface area contributed by atoms with Crippen LogP contribution in [0.25, 0.3) is 24.3 Å². The molecule has 1 atom stereocenters. The summed E-state index contributed by atoms with van der Waals surface area (Å²) in [4.78, 5) is 28.2. The van der Waals surface area contributed by atoms with Crippen molar-refractivity contribution >= 4 is 48.5 Å². The van der Waals surface area contributed by atoms with Gasteiger partial charge in [-0.15, -0.1) is 0 Å². The van der Waals surface area contributed by atoms with Crippen LogP contribution in [0.2, 0.25) is 0 Å². The SMILES string of the molecule is C=Cc1ccccc1C1C=c2ccc3c(c2CC1=O)CC=c1c(C#Cc2ccc(C=NN)cc2)cccc1=3.O=C(O)CC1=Cc2ccccc2CN=C1. The Morgan fingerprint density at radius 2 is 1.74 bits per heavy atom. The zero-order valence-electron chi connectivity index (χ0n) is 29.1. The Kier molecular flexibility index (Phi) is 10.2. The number of benzene rings is 5. The van der Waals surface area contributed by atoms with Gasteiger partial charge in [-0.2, -0.15) is 5.10 Å². The maximum Gasteiger partial charge on any atom is 0.307 e. The Morgan fingerprint density at radius 3 is 2.55 bits per heavy atom. The zero-order chi connectivity index (χ0) is 36.7. The molecule has 3 aliphatic rings. The summed E-state index contributed by atoms with van der Waals surface area (Å²) >= 11 is 0. The molecule has 1 aliphatic heterocycles. The number of carboxylic acid groups (broad SMARTS) is 1. The van der Waals surface area contributed by atoms with Gasteiger partial charge in [0.15, 0.2) is 0 Å². The fourth-order valence-electron chi connectivity index (χ4n) is 7.16. The molecule has 0 fully saturated rings. The van der Waals surface area contributed by atoms with E-state index in [1.165, 1.54) is 16.0 Å². The van der Waals surface area contributed by atoms with Gasteiger partial charge >= 0.3 is 5.97 Å². The summed E-state index contributed by atoms with van der Waals surface area (Å²) in [6, 6.07) is 34.4. The minimum atomic E-state index is -0.827. The Bertz CT molecular complexity index is 2660. The predicted molar refractivity (Wildman–Crippen MR) is 213 cm³/mol. The van der Waals surface area contributed by atoms with Crippen molar-refractivity contribution in [2.24, 2.45) is 15.9 Å². The largest absolute Gasteiger partial charge is 0.481 e. The lowest BCUT2D eigenvalue weighted by Crippen LogP contribution is -2.29. The molecule has 6 heteroatoms. The first-order valence-corrected chi connectivity index (χ1v) is 17.5. The van der Waals surface area contributed by atoms with Gasteiger partial charge in [-0.1, -0.05) is 122 Å². The first kappa shape index (κ1) is 34.6. The van der Waals surface area contributed by atoms with Crippen LogP contribution in [0, 0.1) is 22.3 Å². The number of hydrazone groups is 1. The highest BCUT2D eigenvalue weighted by molar-refractivity contribution is 5.96. The fourth-order valence-corrected chi connectivity index (χ4v) is 7.16. The highest BCUT2D eigenvalue weighted by atomic mass is 16.4. The molecule has 0 amide bonds. The molecule has 5 aromatic carbocycles. The van der Waals surface area contributed by atoms with E-state index in [4.69, 9.17) is 10.9 Å². The zero-order valence-corrected chi connectivity index (χ0v) is 29.1. The number of carboxylic acids is 1. The second-order valence-corrected chi connectivity index (χ2v) is 13.1. The summed E-state index contributed by atoms with van der Waals surface area (Å²) in [5.41, 5.74) is 10.3. The van der Waals surface area contributed by atoms with Gasteiger partial charge in [0.05, 0.1) is 25.1 Å². The molecule has 0 bridgehead atoms. The number of ketones is 1. The van der Waals surface area contributed by atoms with Crippen LogP contribution >= 0.6 is 0 Å². The molecule has 53 heavy (non-hydrogen) atoms. The molecule has 1 unspecified atom stereocenters. The number of carbonyl (C=O) groups excluding carboxylic acids is 1. The van der Waals surface area contributed by atoms with Crippen molar-refractivity contribution in [1.82, 2.24) is 0 Å². The van der Waals surface area contributed by atoms with E-state index < -0.39 is 5.97 Å². The van der Waals surface area contributed by atoms with E-state index >= 15 is 0 Å². The number of aliphatic imine (C=N–C) groups is 1. The minimum Gasteiger partial charge on any atom is -0.481 e. The van der Waals surface area contributed by atoms with Crippen molar-refractivity contribution in [2.45, 2.75) is 31.7 Å². The minimum absolute atomic E-state index is 0.0256. The third-order valence-corrected chi connectivity index (χ3v) is 9.72. The quantitative estimate of drug-likeness (QED) is 0.0955. The molecule has 0 saturated heterocycles. The normalized spacial score (nSPS) is 14.9. The second-order valence-electron chi connectivity index (χ2n) is 13.1. The van der Waals surface area contributed by atoms with Crippen LogP contribution in [0.4, 0.5) is 0 Å². The molecular weight excluding hydrogens is 655 g/mol. The van der Waals surface area contributed by atoms with E-state index in [0.717, 1.165) is 66.9 Å². The Balaban J connectivity index is 0.000000242. The van der Waals surface area contributed by atoms with Gasteiger partial charge in [0.2, 0.25) is 0 Å². The molecular formula is C47H37N3O3. The standard InChI is InChI=1S/C35H26N2O.C12H11NO2/c1-2-25-6-3-4-8-28(25)34-20-27-16-17-31-30-9-5-7-26(15-14-23-10-12-24(13-11-23)22-37-36)29(30)18-19-32(31)33(27)21-35(34)38;14-12(15)6-9-5-10-3-1-2-4-11(10)8-13-7-9/h2-13,16-18,20,22,34H,1,19,21,36H2;1-5,7H,6,8H2,(H,14,15). The Labute approximate surface area is 308 Å². The smallest absolute Gasteiger partial charge is 0.307 e. The van der Waals surface area contributed by atoms with Crippen molar-refractivity contribution in [3.8, 4) is 11.8 Å². The number of carbonyl (C=O) groups is 2. The van der Waals surface area contributed by atoms with Crippen molar-refractivity contribution in [3.05, 3.63) is 186 Å². The molecule has 5 aromatic rings. The third kappa shape index (κ3) is 7.61. The lowest BCUT2D eigenvalue weighted by atomic mass is 9.80. The average molecular weight is 692 g/mol. The van der Waals surface area contributed by atoms with Crippen LogP contribution in [0.5, 0.6) is 0 Å². The molecule has 6 nitrogen and oxygen atoms in total. The van der Waals surface area contributed by atoms with Crippen molar-refractivity contribution in [1.29, 1.82) is 0 Å². The van der Waals surface area contributed by atoms with Crippen LogP contribution < -0.4 is 16.3 Å². The van der Waals surface area contributed by atoms with Gasteiger partial charge in [0.1, 0.15) is 5.78 Å². The summed E-state index contributed by atoms with van der Waals surface area (Å²) in [5, 5.41) is 16.9. The summed E-state index contributed by atoms with van der Waals surface area (Å²) in [7, 11) is 0. The van der Waals surface area contributed by atoms with Crippen LogP contribution in [-0.4, -0.2) is 29.3 Å². The maximum absolute atomic E-state index is 13.4. The van der Waals surface area contributed by atoms with E-state index in [2.05, 4.69) is 71.0 Å². The Morgan fingerprint density at radius 1 is 0.925 bits per heavy atom. The highest BCUT2D eigenvalue weighted by Crippen LogP contribution is 2.28. The average Bonchev–Trinajstić information content (AvgIpc) is 3.39. The third-order valence-electron chi connectivity index (χ3n) is 9.72. The number of nitrogens with two attached hydrogens (primary N) is 1.